The van der Waals surface area contributed by atoms with E-state index in [0.29, 0.717) is 12.1 Å². The van der Waals surface area contributed by atoms with Crippen molar-refractivity contribution in [1.82, 2.24) is 10.3 Å². The first-order valence-corrected chi connectivity index (χ1v) is 8.68. The standard InChI is InChI=1S/C19H16BrFN2O/c20-13-3-1-2-12(8-13)18(24)23-11-19(6-7-19)16-10-22-17-5-4-14(21)9-15(16)17/h1-5,8-10,22H,6-7,11H2,(H,23,24). The van der Waals surface area contributed by atoms with Crippen molar-refractivity contribution in [3.8, 4) is 0 Å². The van der Waals surface area contributed by atoms with E-state index in [4.69, 9.17) is 0 Å². The maximum atomic E-state index is 13.6. The van der Waals surface area contributed by atoms with Gasteiger partial charge in [-0.25, -0.2) is 4.39 Å². The maximum absolute atomic E-state index is 13.6. The summed E-state index contributed by atoms with van der Waals surface area (Å²) in [7, 11) is 0. The molecule has 3 nitrogen and oxygen atoms in total. The summed E-state index contributed by atoms with van der Waals surface area (Å²) in [6, 6.07) is 12.1. The minimum atomic E-state index is -0.239. The number of hydrogen-bond donors (Lipinski definition) is 2. The van der Waals surface area contributed by atoms with Crippen molar-refractivity contribution in [3.05, 3.63) is 70.1 Å². The third-order valence-corrected chi connectivity index (χ3v) is 5.24. The monoisotopic (exact) mass is 386 g/mol. The highest BCUT2D eigenvalue weighted by Gasteiger charge is 2.45. The van der Waals surface area contributed by atoms with E-state index in [1.807, 2.05) is 18.3 Å². The Morgan fingerprint density at radius 3 is 2.83 bits per heavy atom. The molecule has 3 aromatic rings. The average Bonchev–Trinajstić information content (AvgIpc) is 3.24. The molecule has 0 aliphatic heterocycles. The van der Waals surface area contributed by atoms with Crippen LogP contribution < -0.4 is 5.32 Å². The average molecular weight is 387 g/mol. The van der Waals surface area contributed by atoms with E-state index in [1.165, 1.54) is 6.07 Å². The van der Waals surface area contributed by atoms with Crippen LogP contribution in [-0.4, -0.2) is 17.4 Å². The van der Waals surface area contributed by atoms with Crippen molar-refractivity contribution in [3.63, 3.8) is 0 Å². The Morgan fingerprint density at radius 2 is 2.08 bits per heavy atom. The van der Waals surface area contributed by atoms with Crippen molar-refractivity contribution < 1.29 is 9.18 Å². The fourth-order valence-corrected chi connectivity index (χ4v) is 3.60. The molecule has 0 radical (unpaired) electrons. The van der Waals surface area contributed by atoms with Gasteiger partial charge in [0.25, 0.3) is 5.91 Å². The molecule has 0 saturated heterocycles. The smallest absolute Gasteiger partial charge is 0.251 e. The highest BCUT2D eigenvalue weighted by Crippen LogP contribution is 2.50. The van der Waals surface area contributed by atoms with Gasteiger partial charge in [-0.15, -0.1) is 0 Å². The molecule has 0 unspecified atom stereocenters. The number of carbonyl (C=O) groups is 1. The second-order valence-electron chi connectivity index (χ2n) is 6.37. The number of amides is 1. The molecule has 122 valence electrons. The maximum Gasteiger partial charge on any atom is 0.251 e. The number of fused-ring (bicyclic) bond motifs is 1. The second kappa shape index (κ2) is 5.74. The quantitative estimate of drug-likeness (QED) is 0.679. The van der Waals surface area contributed by atoms with Crippen molar-refractivity contribution in [1.29, 1.82) is 0 Å². The number of halogens is 2. The second-order valence-corrected chi connectivity index (χ2v) is 7.28. The number of aromatic amines is 1. The van der Waals surface area contributed by atoms with Gasteiger partial charge in [0.2, 0.25) is 0 Å². The van der Waals surface area contributed by atoms with E-state index in [-0.39, 0.29) is 17.1 Å². The molecule has 1 saturated carbocycles. The minimum Gasteiger partial charge on any atom is -0.361 e. The summed E-state index contributed by atoms with van der Waals surface area (Å²) in [4.78, 5) is 15.6. The van der Waals surface area contributed by atoms with E-state index < -0.39 is 0 Å². The molecule has 0 spiro atoms. The largest absolute Gasteiger partial charge is 0.361 e. The molecule has 24 heavy (non-hydrogen) atoms. The number of H-pyrrole nitrogens is 1. The molecule has 1 heterocycles. The van der Waals surface area contributed by atoms with Gasteiger partial charge in [0.15, 0.2) is 0 Å². The predicted molar refractivity (Wildman–Crippen MR) is 95.6 cm³/mol. The molecule has 1 aliphatic rings. The molecule has 0 bridgehead atoms. The topological polar surface area (TPSA) is 44.9 Å². The van der Waals surface area contributed by atoms with Gasteiger partial charge >= 0.3 is 0 Å². The molecule has 4 rings (SSSR count). The van der Waals surface area contributed by atoms with Gasteiger partial charge in [-0.2, -0.15) is 0 Å². The number of nitrogens with one attached hydrogen (secondary N) is 2. The highest BCUT2D eigenvalue weighted by molar-refractivity contribution is 9.10. The van der Waals surface area contributed by atoms with E-state index in [1.54, 1.807) is 24.3 Å². The third-order valence-electron chi connectivity index (χ3n) is 4.74. The molecule has 5 heteroatoms. The molecular formula is C19H16BrFN2O. The van der Waals surface area contributed by atoms with Gasteiger partial charge < -0.3 is 10.3 Å². The first-order chi connectivity index (χ1) is 11.6. The van der Waals surface area contributed by atoms with Gasteiger partial charge in [0, 0.05) is 39.1 Å². The summed E-state index contributed by atoms with van der Waals surface area (Å²) in [6.07, 6.45) is 3.94. The first kappa shape index (κ1) is 15.4. The van der Waals surface area contributed by atoms with E-state index in [9.17, 15) is 9.18 Å². The Hall–Kier alpha value is -2.14. The van der Waals surface area contributed by atoms with Crippen LogP contribution in [0.1, 0.15) is 28.8 Å². The van der Waals surface area contributed by atoms with Crippen LogP contribution in [-0.2, 0) is 5.41 Å². The first-order valence-electron chi connectivity index (χ1n) is 7.88. The van der Waals surface area contributed by atoms with Crippen LogP contribution in [0.4, 0.5) is 4.39 Å². The minimum absolute atomic E-state index is 0.0893. The fraction of sp³-hybridized carbons (Fsp3) is 0.211. The van der Waals surface area contributed by atoms with E-state index in [2.05, 4.69) is 26.2 Å². The van der Waals surface area contributed by atoms with Crippen LogP contribution in [0.15, 0.2) is 53.1 Å². The molecule has 1 aromatic heterocycles. The van der Waals surface area contributed by atoms with Crippen LogP contribution in [0.2, 0.25) is 0 Å². The summed E-state index contributed by atoms with van der Waals surface area (Å²) >= 11 is 3.38. The zero-order valence-corrected chi connectivity index (χ0v) is 14.5. The number of carbonyl (C=O) groups excluding carboxylic acids is 1. The summed E-state index contributed by atoms with van der Waals surface area (Å²) in [6.45, 7) is 0.557. The molecule has 1 amide bonds. The zero-order chi connectivity index (χ0) is 16.7. The van der Waals surface area contributed by atoms with Crippen molar-refractivity contribution in [2.75, 3.05) is 6.54 Å². The van der Waals surface area contributed by atoms with Gasteiger partial charge in [-0.1, -0.05) is 22.0 Å². The summed E-state index contributed by atoms with van der Waals surface area (Å²) in [5.41, 5.74) is 2.56. The lowest BCUT2D eigenvalue weighted by Gasteiger charge is -2.16. The van der Waals surface area contributed by atoms with Gasteiger partial charge in [0.1, 0.15) is 5.82 Å². The Balaban J connectivity index is 1.55. The Bertz CT molecular complexity index is 930. The van der Waals surface area contributed by atoms with Crippen LogP contribution >= 0.6 is 15.9 Å². The normalized spacial score (nSPS) is 15.4. The number of rotatable bonds is 4. The molecule has 1 fully saturated rings. The fourth-order valence-electron chi connectivity index (χ4n) is 3.21. The number of benzene rings is 2. The van der Waals surface area contributed by atoms with E-state index >= 15 is 0 Å². The lowest BCUT2D eigenvalue weighted by molar-refractivity contribution is 0.0949. The Kier molecular flexibility index (Phi) is 3.68. The third kappa shape index (κ3) is 2.73. The van der Waals surface area contributed by atoms with Crippen molar-refractivity contribution in [2.24, 2.45) is 0 Å². The zero-order valence-electron chi connectivity index (χ0n) is 12.9. The lowest BCUT2D eigenvalue weighted by Crippen LogP contribution is -2.32. The summed E-state index contributed by atoms with van der Waals surface area (Å²) in [5.74, 6) is -0.328. The van der Waals surface area contributed by atoms with Crippen molar-refractivity contribution in [2.45, 2.75) is 18.3 Å². The van der Waals surface area contributed by atoms with Gasteiger partial charge in [0.05, 0.1) is 0 Å². The Morgan fingerprint density at radius 1 is 1.25 bits per heavy atom. The number of aromatic nitrogens is 1. The van der Waals surface area contributed by atoms with Gasteiger partial charge in [-0.05, 0) is 54.8 Å². The van der Waals surface area contributed by atoms with Gasteiger partial charge in [-0.3, -0.25) is 4.79 Å². The SMILES string of the molecule is O=C(NCC1(c2c[nH]c3ccc(F)cc23)CC1)c1cccc(Br)c1. The molecule has 2 aromatic carbocycles. The van der Waals surface area contributed by atoms with Crippen LogP contribution in [0, 0.1) is 5.82 Å². The van der Waals surface area contributed by atoms with Crippen LogP contribution in [0.25, 0.3) is 10.9 Å². The molecule has 2 N–H and O–H groups in total. The Labute approximate surface area is 147 Å². The summed E-state index contributed by atoms with van der Waals surface area (Å²) in [5, 5.41) is 3.94. The number of hydrogen-bond acceptors (Lipinski definition) is 1. The molecule has 0 atom stereocenters. The van der Waals surface area contributed by atoms with E-state index in [0.717, 1.165) is 33.8 Å². The highest BCUT2D eigenvalue weighted by atomic mass is 79.9. The van der Waals surface area contributed by atoms with Crippen LogP contribution in [0.3, 0.4) is 0 Å². The summed E-state index contributed by atoms with van der Waals surface area (Å²) < 4.78 is 14.5. The molecular weight excluding hydrogens is 371 g/mol. The molecule has 1 aliphatic carbocycles. The predicted octanol–water partition coefficient (Wildman–Crippen LogP) is 4.53. The van der Waals surface area contributed by atoms with Crippen LogP contribution in [0.5, 0.6) is 0 Å². The lowest BCUT2D eigenvalue weighted by atomic mass is 9.95. The van der Waals surface area contributed by atoms with Crippen molar-refractivity contribution >= 4 is 32.7 Å².